The molecule has 0 atom stereocenters. The van der Waals surface area contributed by atoms with Gasteiger partial charge in [-0.15, -0.1) is 0 Å². The van der Waals surface area contributed by atoms with E-state index in [9.17, 15) is 23.2 Å². The lowest BCUT2D eigenvalue weighted by molar-refractivity contribution is 0.627. The SMILES string of the molecule is Cc1ccc(Nc2cc(=O)n(C)c3c2c(=O)n(-c2ccc(F)cc2)c(=O)n3-c2ccc(F)cc2)cc1. The number of hydrogen-bond donors (Lipinski definition) is 1. The maximum atomic E-state index is 13.8. The molecule has 9 heteroatoms. The lowest BCUT2D eigenvalue weighted by Gasteiger charge is -2.19. The topological polar surface area (TPSA) is 78.0 Å². The molecule has 0 aliphatic carbocycles. The second kappa shape index (κ2) is 8.77. The Hall–Kier alpha value is -4.79. The number of aryl methyl sites for hydroxylation is 2. The van der Waals surface area contributed by atoms with E-state index < -0.39 is 28.4 Å². The molecule has 0 saturated carbocycles. The van der Waals surface area contributed by atoms with E-state index in [-0.39, 0.29) is 28.1 Å². The lowest BCUT2D eigenvalue weighted by Crippen LogP contribution is -2.40. The van der Waals surface area contributed by atoms with Crippen molar-refractivity contribution in [3.8, 4) is 11.4 Å². The molecule has 0 unspecified atom stereocenters. The van der Waals surface area contributed by atoms with Gasteiger partial charge in [0.1, 0.15) is 22.7 Å². The molecule has 0 spiro atoms. The molecule has 7 nitrogen and oxygen atoms in total. The number of benzene rings is 3. The number of pyridine rings is 1. The van der Waals surface area contributed by atoms with Crippen LogP contribution in [0.15, 0.2) is 93.2 Å². The van der Waals surface area contributed by atoms with Gasteiger partial charge < -0.3 is 5.32 Å². The predicted octanol–water partition coefficient (Wildman–Crippen LogP) is 4.17. The summed E-state index contributed by atoms with van der Waals surface area (Å²) >= 11 is 0. The maximum Gasteiger partial charge on any atom is 0.341 e. The van der Waals surface area contributed by atoms with Crippen molar-refractivity contribution >= 4 is 22.4 Å². The highest BCUT2D eigenvalue weighted by atomic mass is 19.1. The molecule has 2 aromatic heterocycles. The van der Waals surface area contributed by atoms with Gasteiger partial charge in [-0.2, -0.15) is 0 Å². The summed E-state index contributed by atoms with van der Waals surface area (Å²) in [5.41, 5.74) is 0.278. The average Bonchev–Trinajstić information content (AvgIpc) is 2.85. The first-order chi connectivity index (χ1) is 17.2. The molecule has 0 fully saturated rings. The van der Waals surface area contributed by atoms with Crippen molar-refractivity contribution in [1.29, 1.82) is 0 Å². The third kappa shape index (κ3) is 3.90. The van der Waals surface area contributed by atoms with E-state index in [1.165, 1.54) is 58.6 Å². The molecule has 0 saturated heterocycles. The summed E-state index contributed by atoms with van der Waals surface area (Å²) in [6.45, 7) is 1.93. The molecular formula is C27H20F2N4O3. The van der Waals surface area contributed by atoms with Crippen LogP contribution in [0.4, 0.5) is 20.2 Å². The Balaban J connectivity index is 1.94. The van der Waals surface area contributed by atoms with E-state index in [0.29, 0.717) is 5.69 Å². The summed E-state index contributed by atoms with van der Waals surface area (Å²) in [7, 11) is 1.45. The van der Waals surface area contributed by atoms with Gasteiger partial charge in [0.2, 0.25) is 0 Å². The van der Waals surface area contributed by atoms with Crippen LogP contribution in [-0.4, -0.2) is 13.7 Å². The van der Waals surface area contributed by atoms with Gasteiger partial charge in [0.05, 0.1) is 17.1 Å². The zero-order valence-electron chi connectivity index (χ0n) is 19.3. The van der Waals surface area contributed by atoms with Crippen molar-refractivity contribution in [3.63, 3.8) is 0 Å². The number of rotatable bonds is 4. The van der Waals surface area contributed by atoms with Gasteiger partial charge in [-0.1, -0.05) is 17.7 Å². The van der Waals surface area contributed by atoms with Crippen LogP contribution in [0, 0.1) is 18.6 Å². The number of nitrogens with one attached hydrogen (secondary N) is 1. The molecule has 0 aliphatic rings. The van der Waals surface area contributed by atoms with Crippen LogP contribution in [0.3, 0.4) is 0 Å². The Labute approximate surface area is 203 Å². The second-order valence-electron chi connectivity index (χ2n) is 8.36. The minimum atomic E-state index is -0.798. The zero-order valence-corrected chi connectivity index (χ0v) is 19.3. The molecule has 5 aromatic rings. The van der Waals surface area contributed by atoms with E-state index in [4.69, 9.17) is 0 Å². The van der Waals surface area contributed by atoms with E-state index in [1.54, 1.807) is 12.1 Å². The van der Waals surface area contributed by atoms with Crippen molar-refractivity contribution in [1.82, 2.24) is 13.7 Å². The van der Waals surface area contributed by atoms with Gasteiger partial charge in [-0.3, -0.25) is 14.2 Å². The molecule has 1 N–H and O–H groups in total. The largest absolute Gasteiger partial charge is 0.355 e. The smallest absolute Gasteiger partial charge is 0.341 e. The lowest BCUT2D eigenvalue weighted by atomic mass is 10.2. The first-order valence-electron chi connectivity index (χ1n) is 11.0. The first-order valence-corrected chi connectivity index (χ1v) is 11.0. The highest BCUT2D eigenvalue weighted by Gasteiger charge is 2.22. The van der Waals surface area contributed by atoms with Gasteiger partial charge in [-0.25, -0.2) is 22.7 Å². The van der Waals surface area contributed by atoms with Crippen LogP contribution in [0.2, 0.25) is 0 Å². The van der Waals surface area contributed by atoms with Crippen molar-refractivity contribution < 1.29 is 8.78 Å². The van der Waals surface area contributed by atoms with Crippen LogP contribution in [0.5, 0.6) is 0 Å². The molecule has 0 radical (unpaired) electrons. The summed E-state index contributed by atoms with van der Waals surface area (Å²) in [6.07, 6.45) is 0. The molecule has 3 aromatic carbocycles. The van der Waals surface area contributed by atoms with Crippen LogP contribution in [-0.2, 0) is 7.05 Å². The quantitative estimate of drug-likeness (QED) is 0.414. The third-order valence-corrected chi connectivity index (χ3v) is 5.92. The van der Waals surface area contributed by atoms with Gasteiger partial charge in [0.15, 0.2) is 0 Å². The number of nitrogens with zero attached hydrogens (tertiary/aromatic N) is 3. The van der Waals surface area contributed by atoms with E-state index in [1.807, 2.05) is 19.1 Å². The first kappa shape index (κ1) is 23.0. The summed E-state index contributed by atoms with van der Waals surface area (Å²) < 4.78 is 30.6. The van der Waals surface area contributed by atoms with E-state index in [0.717, 1.165) is 22.3 Å². The summed E-state index contributed by atoms with van der Waals surface area (Å²) in [5, 5.41) is 3.16. The number of fused-ring (bicyclic) bond motifs is 1. The summed E-state index contributed by atoms with van der Waals surface area (Å²) in [6, 6.07) is 18.6. The fraction of sp³-hybridized carbons (Fsp3) is 0.0741. The van der Waals surface area contributed by atoms with Gasteiger partial charge >= 0.3 is 5.69 Å². The van der Waals surface area contributed by atoms with Crippen molar-refractivity contribution in [3.05, 3.63) is 127 Å². The van der Waals surface area contributed by atoms with Crippen molar-refractivity contribution in [2.45, 2.75) is 6.92 Å². The normalized spacial score (nSPS) is 11.1. The molecule has 0 bridgehead atoms. The molecule has 36 heavy (non-hydrogen) atoms. The van der Waals surface area contributed by atoms with Crippen LogP contribution < -0.4 is 22.1 Å². The standard InChI is InChI=1S/C27H20F2N4O3/c1-16-3-9-19(10-4-16)30-22-15-23(34)31(2)25-24(22)26(35)33(21-13-7-18(29)8-14-21)27(36)32(25)20-11-5-17(28)6-12-20/h3-15,30H,1-2H3. The fourth-order valence-corrected chi connectivity index (χ4v) is 4.08. The Bertz CT molecular complexity index is 1780. The second-order valence-corrected chi connectivity index (χ2v) is 8.36. The van der Waals surface area contributed by atoms with Crippen molar-refractivity contribution in [2.24, 2.45) is 7.05 Å². The maximum absolute atomic E-state index is 13.8. The molecule has 2 heterocycles. The van der Waals surface area contributed by atoms with Crippen LogP contribution >= 0.6 is 0 Å². The Morgan fingerprint density at radius 2 is 1.25 bits per heavy atom. The molecule has 0 aliphatic heterocycles. The highest BCUT2D eigenvalue weighted by Crippen LogP contribution is 2.24. The summed E-state index contributed by atoms with van der Waals surface area (Å²) in [4.78, 5) is 40.5. The van der Waals surface area contributed by atoms with Gasteiger partial charge in [0.25, 0.3) is 11.1 Å². The van der Waals surface area contributed by atoms with E-state index in [2.05, 4.69) is 5.32 Å². The number of anilines is 2. The average molecular weight is 486 g/mol. The Morgan fingerprint density at radius 3 is 1.81 bits per heavy atom. The van der Waals surface area contributed by atoms with E-state index >= 15 is 0 Å². The third-order valence-electron chi connectivity index (χ3n) is 5.92. The van der Waals surface area contributed by atoms with Crippen molar-refractivity contribution in [2.75, 3.05) is 5.32 Å². The fourth-order valence-electron chi connectivity index (χ4n) is 4.08. The minimum Gasteiger partial charge on any atom is -0.355 e. The van der Waals surface area contributed by atoms with Gasteiger partial charge in [-0.05, 0) is 67.6 Å². The number of halogens is 2. The zero-order chi connectivity index (χ0) is 25.6. The molecule has 0 amide bonds. The monoisotopic (exact) mass is 486 g/mol. The number of aromatic nitrogens is 3. The van der Waals surface area contributed by atoms with Crippen LogP contribution in [0.25, 0.3) is 22.4 Å². The highest BCUT2D eigenvalue weighted by molar-refractivity contribution is 5.91. The molecular weight excluding hydrogens is 466 g/mol. The minimum absolute atomic E-state index is 0.0251. The van der Waals surface area contributed by atoms with Crippen LogP contribution in [0.1, 0.15) is 5.56 Å². The van der Waals surface area contributed by atoms with Gasteiger partial charge in [0, 0.05) is 18.8 Å². The molecule has 180 valence electrons. The predicted molar refractivity (Wildman–Crippen MR) is 135 cm³/mol. The summed E-state index contributed by atoms with van der Waals surface area (Å²) in [5.74, 6) is -1.05. The Kier molecular flexibility index (Phi) is 5.60. The number of hydrogen-bond acceptors (Lipinski definition) is 4. The Morgan fingerprint density at radius 1 is 0.722 bits per heavy atom. The molecule has 5 rings (SSSR count).